The van der Waals surface area contributed by atoms with Crippen LogP contribution >= 0.6 is 11.8 Å². The molecule has 0 aliphatic heterocycles. The highest BCUT2D eigenvalue weighted by Crippen LogP contribution is 2.30. The summed E-state index contributed by atoms with van der Waals surface area (Å²) in [6.07, 6.45) is 1.44. The van der Waals surface area contributed by atoms with Gasteiger partial charge in [-0.1, -0.05) is 12.1 Å². The smallest absolute Gasteiger partial charge is 0.190 e. The van der Waals surface area contributed by atoms with E-state index in [1.165, 1.54) is 24.2 Å². The summed E-state index contributed by atoms with van der Waals surface area (Å²) in [5.41, 5.74) is 6.33. The molecule has 0 fully saturated rings. The lowest BCUT2D eigenvalue weighted by molar-refractivity contribution is 0.595. The summed E-state index contributed by atoms with van der Waals surface area (Å²) in [5, 5.41) is 4.57. The molecule has 16 heavy (non-hydrogen) atoms. The zero-order valence-corrected chi connectivity index (χ0v) is 9.54. The average molecular weight is 238 g/mol. The molecular formula is C10H11FN4S. The van der Waals surface area contributed by atoms with Gasteiger partial charge in [0.25, 0.3) is 0 Å². The van der Waals surface area contributed by atoms with Crippen molar-refractivity contribution in [3.05, 3.63) is 35.9 Å². The van der Waals surface area contributed by atoms with Gasteiger partial charge in [0.05, 0.1) is 4.90 Å². The Morgan fingerprint density at radius 3 is 2.94 bits per heavy atom. The van der Waals surface area contributed by atoms with Gasteiger partial charge in [-0.25, -0.2) is 14.1 Å². The average Bonchev–Trinajstić information content (AvgIpc) is 2.67. The first-order valence-corrected chi connectivity index (χ1v) is 5.53. The lowest BCUT2D eigenvalue weighted by atomic mass is 10.2. The van der Waals surface area contributed by atoms with Crippen molar-refractivity contribution in [1.29, 1.82) is 0 Å². The van der Waals surface area contributed by atoms with Crippen molar-refractivity contribution in [2.24, 2.45) is 12.8 Å². The fourth-order valence-electron chi connectivity index (χ4n) is 1.30. The van der Waals surface area contributed by atoms with E-state index < -0.39 is 0 Å². The lowest BCUT2D eigenvalue weighted by Gasteiger charge is -2.07. The van der Waals surface area contributed by atoms with Crippen molar-refractivity contribution in [2.75, 3.05) is 0 Å². The van der Waals surface area contributed by atoms with Gasteiger partial charge in [0, 0.05) is 13.6 Å². The van der Waals surface area contributed by atoms with Crippen molar-refractivity contribution in [3.63, 3.8) is 0 Å². The van der Waals surface area contributed by atoms with Gasteiger partial charge >= 0.3 is 0 Å². The highest BCUT2D eigenvalue weighted by molar-refractivity contribution is 7.99. The van der Waals surface area contributed by atoms with E-state index in [-0.39, 0.29) is 5.82 Å². The largest absolute Gasteiger partial charge is 0.326 e. The van der Waals surface area contributed by atoms with E-state index in [2.05, 4.69) is 10.1 Å². The van der Waals surface area contributed by atoms with Crippen LogP contribution in [0.1, 0.15) is 5.56 Å². The Morgan fingerprint density at radius 2 is 2.31 bits per heavy atom. The summed E-state index contributed by atoms with van der Waals surface area (Å²) >= 11 is 1.23. The molecule has 4 nitrogen and oxygen atoms in total. The third-order valence-corrected chi connectivity index (χ3v) is 3.35. The van der Waals surface area contributed by atoms with Crippen molar-refractivity contribution in [3.8, 4) is 0 Å². The number of benzene rings is 1. The molecule has 0 unspecified atom stereocenters. The Morgan fingerprint density at radius 1 is 1.50 bits per heavy atom. The van der Waals surface area contributed by atoms with Crippen LogP contribution in [0.2, 0.25) is 0 Å². The van der Waals surface area contributed by atoms with Gasteiger partial charge in [-0.05, 0) is 23.4 Å². The molecular weight excluding hydrogens is 227 g/mol. The number of hydrogen-bond acceptors (Lipinski definition) is 4. The molecule has 0 bridgehead atoms. The minimum absolute atomic E-state index is 0.282. The molecule has 0 saturated heterocycles. The molecule has 1 heterocycles. The molecule has 1 aromatic carbocycles. The van der Waals surface area contributed by atoms with Crippen LogP contribution in [0, 0.1) is 5.82 Å². The van der Waals surface area contributed by atoms with Crippen LogP contribution in [0.25, 0.3) is 0 Å². The van der Waals surface area contributed by atoms with Gasteiger partial charge in [-0.2, -0.15) is 5.10 Å². The van der Waals surface area contributed by atoms with E-state index in [1.807, 2.05) is 6.07 Å². The number of aromatic nitrogens is 3. The Balaban J connectivity index is 2.37. The fourth-order valence-corrected chi connectivity index (χ4v) is 2.21. The van der Waals surface area contributed by atoms with E-state index in [4.69, 9.17) is 5.73 Å². The molecule has 2 N–H and O–H groups in total. The van der Waals surface area contributed by atoms with Gasteiger partial charge in [-0.15, -0.1) is 0 Å². The third kappa shape index (κ3) is 2.07. The number of nitrogens with zero attached hydrogens (tertiary/aromatic N) is 3. The van der Waals surface area contributed by atoms with Crippen LogP contribution in [0.4, 0.5) is 4.39 Å². The fraction of sp³-hybridized carbons (Fsp3) is 0.200. The molecule has 0 spiro atoms. The topological polar surface area (TPSA) is 56.7 Å². The van der Waals surface area contributed by atoms with Crippen molar-refractivity contribution in [2.45, 2.75) is 16.6 Å². The molecule has 6 heteroatoms. The quantitative estimate of drug-likeness (QED) is 0.881. The summed E-state index contributed by atoms with van der Waals surface area (Å²) in [7, 11) is 1.76. The number of nitrogens with two attached hydrogens (primary N) is 1. The van der Waals surface area contributed by atoms with E-state index in [9.17, 15) is 4.39 Å². The minimum Gasteiger partial charge on any atom is -0.326 e. The molecule has 0 amide bonds. The summed E-state index contributed by atoms with van der Waals surface area (Å²) in [6, 6.07) is 4.87. The van der Waals surface area contributed by atoms with Gasteiger partial charge in [0.2, 0.25) is 0 Å². The zero-order chi connectivity index (χ0) is 11.5. The molecule has 1 aromatic heterocycles. The first-order chi connectivity index (χ1) is 7.72. The Hall–Kier alpha value is -1.40. The van der Waals surface area contributed by atoms with Gasteiger partial charge in [-0.3, -0.25) is 0 Å². The zero-order valence-electron chi connectivity index (χ0n) is 8.72. The molecule has 0 atom stereocenters. The molecule has 2 aromatic rings. The normalized spacial score (nSPS) is 10.7. The highest BCUT2D eigenvalue weighted by atomic mass is 32.2. The second-order valence-corrected chi connectivity index (χ2v) is 4.18. The lowest BCUT2D eigenvalue weighted by Crippen LogP contribution is -2.01. The van der Waals surface area contributed by atoms with Crippen LogP contribution in [0.3, 0.4) is 0 Å². The Labute approximate surface area is 96.7 Å². The van der Waals surface area contributed by atoms with Crippen molar-refractivity contribution < 1.29 is 4.39 Å². The predicted molar refractivity (Wildman–Crippen MR) is 59.4 cm³/mol. The second kappa shape index (κ2) is 4.63. The van der Waals surface area contributed by atoms with Gasteiger partial charge in [0.1, 0.15) is 12.1 Å². The van der Waals surface area contributed by atoms with E-state index >= 15 is 0 Å². The summed E-state index contributed by atoms with van der Waals surface area (Å²) in [6.45, 7) is 0.304. The molecule has 84 valence electrons. The maximum absolute atomic E-state index is 13.6. The maximum atomic E-state index is 13.6. The Bertz CT molecular complexity index is 497. The molecule has 0 aliphatic carbocycles. The number of halogens is 1. The monoisotopic (exact) mass is 238 g/mol. The first-order valence-electron chi connectivity index (χ1n) is 4.71. The predicted octanol–water partition coefficient (Wildman–Crippen LogP) is 1.56. The van der Waals surface area contributed by atoms with E-state index in [0.29, 0.717) is 16.6 Å². The third-order valence-electron chi connectivity index (χ3n) is 2.13. The van der Waals surface area contributed by atoms with Crippen molar-refractivity contribution >= 4 is 11.8 Å². The van der Waals surface area contributed by atoms with Crippen molar-refractivity contribution in [1.82, 2.24) is 14.8 Å². The molecule has 2 rings (SSSR count). The Kier molecular flexibility index (Phi) is 3.21. The highest BCUT2D eigenvalue weighted by Gasteiger charge is 2.11. The molecule has 0 saturated carbocycles. The second-order valence-electron chi connectivity index (χ2n) is 3.20. The van der Waals surface area contributed by atoms with Crippen LogP contribution in [-0.4, -0.2) is 14.8 Å². The molecule has 0 aliphatic rings. The van der Waals surface area contributed by atoms with Gasteiger partial charge < -0.3 is 5.73 Å². The van der Waals surface area contributed by atoms with E-state index in [0.717, 1.165) is 5.56 Å². The summed E-state index contributed by atoms with van der Waals surface area (Å²) < 4.78 is 15.2. The number of aryl methyl sites for hydroxylation is 1. The van der Waals surface area contributed by atoms with Crippen LogP contribution in [-0.2, 0) is 13.6 Å². The summed E-state index contributed by atoms with van der Waals surface area (Å²) in [4.78, 5) is 4.55. The van der Waals surface area contributed by atoms with Crippen LogP contribution < -0.4 is 5.73 Å². The van der Waals surface area contributed by atoms with Crippen LogP contribution in [0.15, 0.2) is 34.6 Å². The SMILES string of the molecule is Cn1ncnc1Sc1c(F)cccc1CN. The van der Waals surface area contributed by atoms with Gasteiger partial charge in [0.15, 0.2) is 5.16 Å². The maximum Gasteiger partial charge on any atom is 0.190 e. The van der Waals surface area contributed by atoms with E-state index in [1.54, 1.807) is 17.8 Å². The first kappa shape index (κ1) is 11.1. The standard InChI is InChI=1S/C10H11FN4S/c1-15-10(13-6-14-15)16-9-7(5-12)3-2-4-8(9)11/h2-4,6H,5,12H2,1H3. The number of hydrogen-bond donors (Lipinski definition) is 1. The molecule has 0 radical (unpaired) electrons. The van der Waals surface area contributed by atoms with Crippen LogP contribution in [0.5, 0.6) is 0 Å². The summed E-state index contributed by atoms with van der Waals surface area (Å²) in [5.74, 6) is -0.282. The number of rotatable bonds is 3. The minimum atomic E-state index is -0.282.